The fraction of sp³-hybridized carbons (Fsp3) is 0.0370. The largest absolute Gasteiger partial charge is 0.333 e. The van der Waals surface area contributed by atoms with Gasteiger partial charge in [0.2, 0.25) is 0 Å². The van der Waals surface area contributed by atoms with E-state index < -0.39 is 0 Å². The molecule has 58 heavy (non-hydrogen) atoms. The summed E-state index contributed by atoms with van der Waals surface area (Å²) in [5.41, 5.74) is 14.4. The van der Waals surface area contributed by atoms with Gasteiger partial charge in [-0.2, -0.15) is 0 Å². The highest BCUT2D eigenvalue weighted by atomic mass is 15.2. The second kappa shape index (κ2) is 12.0. The Bertz CT molecular complexity index is 3490. The summed E-state index contributed by atoms with van der Waals surface area (Å²) < 4.78 is 7.43. The number of para-hydroxylation sites is 6. The van der Waals surface area contributed by atoms with Gasteiger partial charge in [0, 0.05) is 61.0 Å². The van der Waals surface area contributed by atoms with Gasteiger partial charge in [-0.05, 0) is 78.4 Å². The topological polar surface area (TPSA) is 18.0 Å². The van der Waals surface area contributed by atoms with Crippen LogP contribution in [0, 0.1) is 0 Å². The van der Waals surface area contributed by atoms with E-state index in [2.05, 4.69) is 225 Å². The SMILES string of the molecule is C1=CC2c3ccccc3N(c3cc(-n4c5ccccc5c5ccccc54)c4c(c3)c3ccccc3n4-c3ccc4c(c3)c3ccccc3n4-c3ccccc3)C2C=C1. The van der Waals surface area contributed by atoms with Crippen molar-refractivity contribution < 1.29 is 0 Å². The van der Waals surface area contributed by atoms with Crippen LogP contribution in [0.25, 0.3) is 82.5 Å². The van der Waals surface area contributed by atoms with E-state index in [1.165, 1.54) is 82.4 Å². The molecule has 8 aromatic carbocycles. The van der Waals surface area contributed by atoms with Crippen LogP contribution >= 0.6 is 0 Å². The van der Waals surface area contributed by atoms with Gasteiger partial charge in [0.1, 0.15) is 0 Å². The average Bonchev–Trinajstić information content (AvgIpc) is 4.01. The maximum absolute atomic E-state index is 2.58. The Morgan fingerprint density at radius 2 is 0.862 bits per heavy atom. The van der Waals surface area contributed by atoms with Gasteiger partial charge in [-0.15, -0.1) is 0 Å². The minimum atomic E-state index is 0.184. The third-order valence-corrected chi connectivity index (χ3v) is 12.7. The molecule has 272 valence electrons. The fourth-order valence-corrected chi connectivity index (χ4v) is 10.4. The molecule has 0 amide bonds. The lowest BCUT2D eigenvalue weighted by atomic mass is 9.91. The molecule has 0 radical (unpaired) electrons. The summed E-state index contributed by atoms with van der Waals surface area (Å²) in [6.45, 7) is 0. The summed E-state index contributed by atoms with van der Waals surface area (Å²) in [6, 6.07) is 67.3. The van der Waals surface area contributed by atoms with Gasteiger partial charge in [0.15, 0.2) is 0 Å². The van der Waals surface area contributed by atoms with E-state index in [0.29, 0.717) is 5.92 Å². The Kier molecular flexibility index (Phi) is 6.53. The minimum absolute atomic E-state index is 0.184. The highest BCUT2D eigenvalue weighted by Crippen LogP contribution is 2.50. The molecule has 0 saturated carbocycles. The van der Waals surface area contributed by atoms with Crippen molar-refractivity contribution in [2.45, 2.75) is 12.0 Å². The molecule has 4 heterocycles. The predicted octanol–water partition coefficient (Wildman–Crippen LogP) is 13.7. The molecule has 2 aliphatic rings. The molecule has 0 saturated heterocycles. The Labute approximate surface area is 335 Å². The summed E-state index contributed by atoms with van der Waals surface area (Å²) in [5, 5.41) is 7.44. The lowest BCUT2D eigenvalue weighted by Crippen LogP contribution is -2.28. The minimum Gasteiger partial charge on any atom is -0.333 e. The van der Waals surface area contributed by atoms with Gasteiger partial charge in [-0.1, -0.05) is 133 Å². The monoisotopic (exact) mass is 740 g/mol. The summed E-state index contributed by atoms with van der Waals surface area (Å²) in [5.74, 6) is 0.291. The van der Waals surface area contributed by atoms with Gasteiger partial charge < -0.3 is 18.6 Å². The number of hydrogen-bond acceptors (Lipinski definition) is 1. The van der Waals surface area contributed by atoms with Crippen LogP contribution in [0.15, 0.2) is 206 Å². The van der Waals surface area contributed by atoms with E-state index in [9.17, 15) is 0 Å². The highest BCUT2D eigenvalue weighted by Gasteiger charge is 2.38. The van der Waals surface area contributed by atoms with E-state index in [1.54, 1.807) is 0 Å². The smallest absolute Gasteiger partial charge is 0.0784 e. The van der Waals surface area contributed by atoms with Crippen LogP contribution in [0.2, 0.25) is 0 Å². The molecule has 2 atom stereocenters. The molecule has 13 rings (SSSR count). The first-order valence-corrected chi connectivity index (χ1v) is 20.2. The molecule has 1 aliphatic carbocycles. The Morgan fingerprint density at radius 1 is 0.328 bits per heavy atom. The number of allylic oxidation sites excluding steroid dienone is 2. The zero-order valence-corrected chi connectivity index (χ0v) is 31.6. The lowest BCUT2D eigenvalue weighted by molar-refractivity contribution is 0.745. The summed E-state index contributed by atoms with van der Waals surface area (Å²) in [7, 11) is 0. The first kappa shape index (κ1) is 31.6. The molecule has 4 heteroatoms. The van der Waals surface area contributed by atoms with Crippen molar-refractivity contribution in [3.8, 4) is 17.1 Å². The summed E-state index contributed by atoms with van der Waals surface area (Å²) >= 11 is 0. The van der Waals surface area contributed by atoms with Gasteiger partial charge in [0.05, 0.1) is 44.8 Å². The van der Waals surface area contributed by atoms with Crippen molar-refractivity contribution in [2.24, 2.45) is 0 Å². The first-order valence-electron chi connectivity index (χ1n) is 20.2. The number of benzene rings is 8. The average molecular weight is 741 g/mol. The second-order valence-electron chi connectivity index (χ2n) is 15.7. The number of aromatic nitrogens is 3. The van der Waals surface area contributed by atoms with E-state index in [-0.39, 0.29) is 6.04 Å². The van der Waals surface area contributed by atoms with Crippen LogP contribution in [0.3, 0.4) is 0 Å². The zero-order chi connectivity index (χ0) is 37.9. The number of nitrogens with zero attached hydrogens (tertiary/aromatic N) is 4. The van der Waals surface area contributed by atoms with Crippen molar-refractivity contribution in [3.63, 3.8) is 0 Å². The molecule has 0 bridgehead atoms. The van der Waals surface area contributed by atoms with Crippen molar-refractivity contribution >= 4 is 76.8 Å². The molecule has 0 N–H and O–H groups in total. The first-order chi connectivity index (χ1) is 28.8. The Morgan fingerprint density at radius 3 is 1.59 bits per heavy atom. The quantitative estimate of drug-likeness (QED) is 0.176. The molecule has 4 nitrogen and oxygen atoms in total. The normalized spacial score (nSPS) is 16.1. The second-order valence-corrected chi connectivity index (χ2v) is 15.7. The van der Waals surface area contributed by atoms with Crippen molar-refractivity contribution in [2.75, 3.05) is 4.90 Å². The van der Waals surface area contributed by atoms with Crippen molar-refractivity contribution in [3.05, 3.63) is 212 Å². The molecular weight excluding hydrogens is 705 g/mol. The van der Waals surface area contributed by atoms with Crippen LogP contribution in [-0.4, -0.2) is 19.7 Å². The van der Waals surface area contributed by atoms with E-state index >= 15 is 0 Å². The number of fused-ring (bicyclic) bond motifs is 12. The standard InChI is InChI=1S/C54H36N4/c1-2-16-35(17-3-1)55-48-26-12-8-22-42(48)44-32-36(30-31-52(44)55)57-49-27-13-9-23-43(49)45-33-37(56-46-24-10-4-18-38(46)39-19-5-11-25-47(39)56)34-53(54(45)57)58-50-28-14-6-20-40(50)41-21-7-15-29-51(41)58/h1-34,38,46H. The molecule has 0 fully saturated rings. The van der Waals surface area contributed by atoms with Crippen LogP contribution in [0.4, 0.5) is 11.4 Å². The maximum atomic E-state index is 2.58. The number of hydrogen-bond donors (Lipinski definition) is 0. The van der Waals surface area contributed by atoms with Crippen LogP contribution in [-0.2, 0) is 0 Å². The number of rotatable bonds is 4. The Balaban J connectivity index is 1.17. The van der Waals surface area contributed by atoms with E-state index in [4.69, 9.17) is 0 Å². The molecule has 3 aromatic heterocycles. The molecular formula is C54H36N4. The fourth-order valence-electron chi connectivity index (χ4n) is 10.4. The van der Waals surface area contributed by atoms with Crippen LogP contribution in [0.5, 0.6) is 0 Å². The van der Waals surface area contributed by atoms with Crippen molar-refractivity contribution in [1.82, 2.24) is 13.7 Å². The summed E-state index contributed by atoms with van der Waals surface area (Å²) in [4.78, 5) is 2.58. The van der Waals surface area contributed by atoms with Gasteiger partial charge >= 0.3 is 0 Å². The third-order valence-electron chi connectivity index (χ3n) is 12.7. The molecule has 0 spiro atoms. The molecule has 1 aliphatic heterocycles. The number of anilines is 2. The van der Waals surface area contributed by atoms with Crippen LogP contribution in [0.1, 0.15) is 11.5 Å². The molecule has 2 unspecified atom stereocenters. The zero-order valence-electron chi connectivity index (χ0n) is 31.6. The molecule has 11 aromatic rings. The van der Waals surface area contributed by atoms with Gasteiger partial charge in [-0.25, -0.2) is 0 Å². The summed E-state index contributed by atoms with van der Waals surface area (Å²) in [6.07, 6.45) is 9.16. The van der Waals surface area contributed by atoms with E-state index in [0.717, 1.165) is 17.1 Å². The highest BCUT2D eigenvalue weighted by molar-refractivity contribution is 6.17. The van der Waals surface area contributed by atoms with Crippen LogP contribution < -0.4 is 4.90 Å². The van der Waals surface area contributed by atoms with Gasteiger partial charge in [-0.3, -0.25) is 0 Å². The van der Waals surface area contributed by atoms with Gasteiger partial charge in [0.25, 0.3) is 0 Å². The maximum Gasteiger partial charge on any atom is 0.0784 e. The predicted molar refractivity (Wildman–Crippen MR) is 243 cm³/mol. The lowest BCUT2D eigenvalue weighted by Gasteiger charge is -2.29. The Hall–Kier alpha value is -7.56. The third kappa shape index (κ3) is 4.29. The van der Waals surface area contributed by atoms with Crippen molar-refractivity contribution in [1.29, 1.82) is 0 Å². The van der Waals surface area contributed by atoms with E-state index in [1.807, 2.05) is 0 Å².